The Balaban J connectivity index is 2.45. The zero-order valence-electron chi connectivity index (χ0n) is 10.7. The van der Waals surface area contributed by atoms with Crippen LogP contribution in [0.3, 0.4) is 0 Å². The van der Waals surface area contributed by atoms with Gasteiger partial charge in [0.25, 0.3) is 5.56 Å². The van der Waals surface area contributed by atoms with E-state index in [2.05, 4.69) is 0 Å². The minimum atomic E-state index is -1.93. The Labute approximate surface area is 112 Å². The first kappa shape index (κ1) is 14.6. The van der Waals surface area contributed by atoms with Crippen molar-refractivity contribution in [1.29, 1.82) is 0 Å². The highest BCUT2D eigenvalue weighted by Gasteiger charge is 2.54. The Bertz CT molecular complexity index is 625. The van der Waals surface area contributed by atoms with Gasteiger partial charge in [0.05, 0.1) is 6.61 Å². The highest BCUT2D eigenvalue weighted by Crippen LogP contribution is 2.39. The fraction of sp³-hybridized carbons (Fsp3) is 0.500. The van der Waals surface area contributed by atoms with Gasteiger partial charge in [0.2, 0.25) is 0 Å². The molecule has 0 spiro atoms. The molecule has 0 bridgehead atoms. The van der Waals surface area contributed by atoms with Crippen LogP contribution < -0.4 is 11.2 Å². The molecule has 0 aromatic carbocycles. The summed E-state index contributed by atoms with van der Waals surface area (Å²) in [6.07, 6.45) is -1.08. The van der Waals surface area contributed by atoms with Crippen LogP contribution in [0.15, 0.2) is 34.0 Å². The summed E-state index contributed by atoms with van der Waals surface area (Å²) < 4.78 is 20.4. The minimum Gasteiger partial charge on any atom is -0.393 e. The third-order valence-electron chi connectivity index (χ3n) is 3.24. The number of H-pyrrole nitrogens is 1. The fourth-order valence-corrected chi connectivity index (χ4v) is 2.23. The number of alkyl halides is 1. The Morgan fingerprint density at radius 3 is 2.85 bits per heavy atom. The van der Waals surface area contributed by atoms with E-state index < -0.39 is 42.0 Å². The van der Waals surface area contributed by atoms with Crippen LogP contribution in [0.2, 0.25) is 0 Å². The van der Waals surface area contributed by atoms with Crippen molar-refractivity contribution in [3.05, 3.63) is 45.3 Å². The Kier molecular flexibility index (Phi) is 3.89. The predicted molar refractivity (Wildman–Crippen MR) is 67.0 cm³/mol. The first-order valence-electron chi connectivity index (χ1n) is 6.01. The Morgan fingerprint density at radius 1 is 1.60 bits per heavy atom. The van der Waals surface area contributed by atoms with Gasteiger partial charge in [-0.2, -0.15) is 0 Å². The maximum atomic E-state index is 14.2. The van der Waals surface area contributed by atoms with Gasteiger partial charge >= 0.3 is 5.69 Å². The number of hydrogen-bond donors (Lipinski definition) is 3. The lowest BCUT2D eigenvalue weighted by atomic mass is 9.96. The topological polar surface area (TPSA) is 105 Å². The summed E-state index contributed by atoms with van der Waals surface area (Å²) in [5.74, 6) is 0. The summed E-state index contributed by atoms with van der Waals surface area (Å²) in [5.41, 5.74) is -3.09. The van der Waals surface area contributed by atoms with Crippen LogP contribution in [0, 0.1) is 0 Å². The lowest BCUT2D eigenvalue weighted by molar-refractivity contribution is -0.0985. The van der Waals surface area contributed by atoms with Gasteiger partial charge in [-0.25, -0.2) is 9.18 Å². The molecular formula is C12H15FN2O5. The van der Waals surface area contributed by atoms with E-state index >= 15 is 0 Å². The van der Waals surface area contributed by atoms with E-state index in [1.165, 1.54) is 12.2 Å². The second-order valence-electron chi connectivity index (χ2n) is 4.53. The van der Waals surface area contributed by atoms with Crippen molar-refractivity contribution in [2.45, 2.75) is 31.0 Å². The molecule has 1 aliphatic heterocycles. The van der Waals surface area contributed by atoms with Crippen molar-refractivity contribution in [1.82, 2.24) is 9.55 Å². The number of hydrogen-bond acceptors (Lipinski definition) is 5. The molecule has 1 aromatic rings. The van der Waals surface area contributed by atoms with Gasteiger partial charge in [-0.15, -0.1) is 0 Å². The second-order valence-corrected chi connectivity index (χ2v) is 4.53. The molecule has 1 aliphatic rings. The van der Waals surface area contributed by atoms with Crippen LogP contribution in [0.25, 0.3) is 0 Å². The van der Waals surface area contributed by atoms with E-state index in [-0.39, 0.29) is 0 Å². The van der Waals surface area contributed by atoms with Gasteiger partial charge in [-0.3, -0.25) is 14.3 Å². The molecule has 1 aromatic heterocycles. The minimum absolute atomic E-state index is 0.623. The molecule has 3 N–H and O–H groups in total. The number of allylic oxidation sites excluding steroid dienone is 1. The Hall–Kier alpha value is -1.77. The molecule has 7 nitrogen and oxygen atoms in total. The first-order chi connectivity index (χ1) is 9.45. The SMILES string of the molecule is C/C=C\[C@]1(CO)O[C@@H](n2ccc(=O)[nH]c2=O)[C@H](F)[C@@H]1O. The normalized spacial score (nSPS) is 33.9. The molecule has 20 heavy (non-hydrogen) atoms. The summed E-state index contributed by atoms with van der Waals surface area (Å²) in [4.78, 5) is 24.6. The molecule has 0 unspecified atom stereocenters. The molecule has 1 fully saturated rings. The largest absolute Gasteiger partial charge is 0.393 e. The van der Waals surface area contributed by atoms with E-state index in [9.17, 15) is 24.2 Å². The van der Waals surface area contributed by atoms with Crippen molar-refractivity contribution in [2.75, 3.05) is 6.61 Å². The van der Waals surface area contributed by atoms with Crippen molar-refractivity contribution < 1.29 is 19.3 Å². The lowest BCUT2D eigenvalue weighted by Gasteiger charge is -2.25. The van der Waals surface area contributed by atoms with Crippen LogP contribution in [-0.4, -0.2) is 44.2 Å². The number of rotatable bonds is 3. The molecule has 4 atom stereocenters. The monoisotopic (exact) mass is 286 g/mol. The maximum absolute atomic E-state index is 14.2. The van der Waals surface area contributed by atoms with Crippen LogP contribution >= 0.6 is 0 Å². The third-order valence-corrected chi connectivity index (χ3v) is 3.24. The number of ether oxygens (including phenoxy) is 1. The van der Waals surface area contributed by atoms with Crippen LogP contribution in [0.4, 0.5) is 4.39 Å². The van der Waals surface area contributed by atoms with E-state index in [0.29, 0.717) is 0 Å². The molecule has 1 saturated heterocycles. The van der Waals surface area contributed by atoms with E-state index in [4.69, 9.17) is 4.74 Å². The van der Waals surface area contributed by atoms with Crippen molar-refractivity contribution in [3.8, 4) is 0 Å². The van der Waals surface area contributed by atoms with Crippen molar-refractivity contribution in [3.63, 3.8) is 0 Å². The standard InChI is InChI=1S/C12H15FN2O5/c1-2-4-12(6-16)9(18)8(13)10(20-12)15-5-3-7(17)14-11(15)19/h2-5,8-10,16,18H,6H2,1H3,(H,14,17,19)/b4-2-/t8-,9+,10-,12-/m1/s1. The average Bonchev–Trinajstić information content (AvgIpc) is 2.65. The predicted octanol–water partition coefficient (Wildman–Crippen LogP) is -0.928. The van der Waals surface area contributed by atoms with E-state index in [1.807, 2.05) is 4.98 Å². The van der Waals surface area contributed by atoms with Gasteiger partial charge in [0.1, 0.15) is 11.7 Å². The highest BCUT2D eigenvalue weighted by atomic mass is 19.1. The molecule has 0 amide bonds. The zero-order chi connectivity index (χ0) is 14.9. The summed E-state index contributed by atoms with van der Waals surface area (Å²) in [6.45, 7) is 0.980. The molecule has 2 rings (SSSR count). The van der Waals surface area contributed by atoms with E-state index in [0.717, 1.165) is 16.8 Å². The first-order valence-corrected chi connectivity index (χ1v) is 6.01. The molecule has 0 saturated carbocycles. The molecule has 8 heteroatoms. The fourth-order valence-electron chi connectivity index (χ4n) is 2.23. The third kappa shape index (κ3) is 2.21. The molecule has 0 aliphatic carbocycles. The maximum Gasteiger partial charge on any atom is 0.330 e. The van der Waals surface area contributed by atoms with Gasteiger partial charge < -0.3 is 14.9 Å². The summed E-state index contributed by atoms with van der Waals surface area (Å²) in [7, 11) is 0. The van der Waals surface area contributed by atoms with Gasteiger partial charge in [-0.05, 0) is 6.92 Å². The lowest BCUT2D eigenvalue weighted by Crippen LogP contribution is -2.43. The van der Waals surface area contributed by atoms with Crippen LogP contribution in [0.5, 0.6) is 0 Å². The number of aromatic nitrogens is 2. The number of aliphatic hydroxyl groups excluding tert-OH is 2. The molecular weight excluding hydrogens is 271 g/mol. The van der Waals surface area contributed by atoms with Gasteiger partial charge in [0, 0.05) is 12.3 Å². The molecule has 110 valence electrons. The summed E-state index contributed by atoms with van der Waals surface area (Å²) in [6, 6.07) is 1.04. The van der Waals surface area contributed by atoms with Crippen molar-refractivity contribution >= 4 is 0 Å². The number of aliphatic hydroxyl groups is 2. The van der Waals surface area contributed by atoms with Crippen LogP contribution in [0.1, 0.15) is 13.2 Å². The number of nitrogens with zero attached hydrogens (tertiary/aromatic N) is 1. The molecule has 2 heterocycles. The quantitative estimate of drug-likeness (QED) is 0.623. The van der Waals surface area contributed by atoms with Crippen molar-refractivity contribution in [2.24, 2.45) is 0 Å². The smallest absolute Gasteiger partial charge is 0.330 e. The second kappa shape index (κ2) is 5.31. The van der Waals surface area contributed by atoms with E-state index in [1.54, 1.807) is 6.92 Å². The highest BCUT2D eigenvalue weighted by molar-refractivity contribution is 5.13. The number of halogens is 1. The molecule has 0 radical (unpaired) electrons. The van der Waals surface area contributed by atoms with Crippen LogP contribution in [-0.2, 0) is 4.74 Å². The van der Waals surface area contributed by atoms with Gasteiger partial charge in [-0.1, -0.05) is 12.2 Å². The van der Waals surface area contributed by atoms with Gasteiger partial charge in [0.15, 0.2) is 12.4 Å². The number of nitrogens with one attached hydrogen (secondary N) is 1. The average molecular weight is 286 g/mol. The zero-order valence-corrected chi connectivity index (χ0v) is 10.7. The summed E-state index contributed by atoms with van der Waals surface area (Å²) in [5, 5.41) is 19.3. The Morgan fingerprint density at radius 2 is 2.30 bits per heavy atom. The number of aromatic amines is 1. The summed E-state index contributed by atoms with van der Waals surface area (Å²) >= 11 is 0.